The van der Waals surface area contributed by atoms with Crippen LogP contribution in [0, 0.1) is 5.92 Å². The summed E-state index contributed by atoms with van der Waals surface area (Å²) >= 11 is 0. The van der Waals surface area contributed by atoms with E-state index in [0.29, 0.717) is 5.70 Å². The van der Waals surface area contributed by atoms with E-state index in [2.05, 4.69) is 10.1 Å². The topological polar surface area (TPSA) is 177 Å². The molecule has 0 amide bonds. The van der Waals surface area contributed by atoms with Crippen LogP contribution in [0.1, 0.15) is 20.3 Å². The van der Waals surface area contributed by atoms with Gasteiger partial charge < -0.3 is 40.7 Å². The van der Waals surface area contributed by atoms with Crippen LogP contribution in [0.2, 0.25) is 0 Å². The molecule has 0 saturated heterocycles. The van der Waals surface area contributed by atoms with Crippen molar-refractivity contribution in [3.05, 3.63) is 22.5 Å². The maximum Gasteiger partial charge on any atom is 0.336 e. The molecule has 0 aromatic rings. The van der Waals surface area contributed by atoms with Gasteiger partial charge in [-0.3, -0.25) is 0 Å². The van der Waals surface area contributed by atoms with E-state index >= 15 is 0 Å². The average molecular weight is 375 g/mol. The third-order valence-corrected chi connectivity index (χ3v) is 4.32. The average Bonchev–Trinajstić information content (AvgIpc) is 2.58. The molecule has 7 N–H and O–H groups in total. The number of esters is 1. The number of aliphatic hydroxyl groups excluding tert-OH is 5. The highest BCUT2D eigenvalue weighted by Crippen LogP contribution is 2.34. The van der Waals surface area contributed by atoms with Gasteiger partial charge in [0.05, 0.1) is 31.0 Å². The van der Waals surface area contributed by atoms with E-state index < -0.39 is 55.3 Å². The molecule has 0 aromatic carbocycles. The van der Waals surface area contributed by atoms with Gasteiger partial charge in [-0.2, -0.15) is 0 Å². The van der Waals surface area contributed by atoms with Crippen molar-refractivity contribution >= 4 is 11.9 Å². The Morgan fingerprint density at radius 3 is 2.00 bits per heavy atom. The van der Waals surface area contributed by atoms with Crippen LogP contribution < -0.4 is 5.32 Å². The zero-order valence-corrected chi connectivity index (χ0v) is 14.7. The summed E-state index contributed by atoms with van der Waals surface area (Å²) in [7, 11) is 1.12. The van der Waals surface area contributed by atoms with Crippen LogP contribution >= 0.6 is 0 Å². The minimum absolute atomic E-state index is 0.0288. The van der Waals surface area contributed by atoms with Crippen molar-refractivity contribution in [2.24, 2.45) is 5.92 Å². The fraction of sp³-hybridized carbons (Fsp3) is 0.625. The van der Waals surface area contributed by atoms with Gasteiger partial charge in [-0.15, -0.1) is 0 Å². The number of nitrogens with one attached hydrogen (secondary N) is 1. The first-order valence-electron chi connectivity index (χ1n) is 7.90. The first-order valence-corrected chi connectivity index (χ1v) is 7.90. The third-order valence-electron chi connectivity index (χ3n) is 4.32. The summed E-state index contributed by atoms with van der Waals surface area (Å²) in [5, 5.41) is 60.4. The second-order valence-electron chi connectivity index (χ2n) is 6.09. The van der Waals surface area contributed by atoms with E-state index in [1.165, 1.54) is 13.8 Å². The van der Waals surface area contributed by atoms with Crippen LogP contribution in [-0.4, -0.2) is 80.7 Å². The molecule has 10 heteroatoms. The molecule has 1 rings (SSSR count). The Hall–Kier alpha value is -1.98. The fourth-order valence-corrected chi connectivity index (χ4v) is 2.98. The standard InChI is InChI=1S/C16H25NO9/c1-6-11(15(23)24)8(12(7(2)17-6)16(25)26-3)4-9(19)13(21)14(22)10(20)5-18/h8-10,13-14,17-22H,4-5H2,1-3H3,(H,23,24)/t8?,9-,10+,13+,14-/m1/s1. The number of ether oxygens (including phenoxy) is 1. The summed E-state index contributed by atoms with van der Waals surface area (Å²) in [6.45, 7) is 2.18. The van der Waals surface area contributed by atoms with Crippen LogP contribution in [0.25, 0.3) is 0 Å². The van der Waals surface area contributed by atoms with Crippen LogP contribution in [0.4, 0.5) is 0 Å². The number of aliphatic hydroxyl groups is 5. The first kappa shape index (κ1) is 22.1. The molecule has 148 valence electrons. The van der Waals surface area contributed by atoms with Crippen LogP contribution in [0.5, 0.6) is 0 Å². The molecule has 0 aromatic heterocycles. The number of carboxylic acid groups (broad SMARTS) is 1. The second-order valence-corrected chi connectivity index (χ2v) is 6.09. The van der Waals surface area contributed by atoms with E-state index in [4.69, 9.17) is 5.11 Å². The van der Waals surface area contributed by atoms with Gasteiger partial charge in [-0.25, -0.2) is 9.59 Å². The molecule has 0 bridgehead atoms. The normalized spacial score (nSPS) is 22.4. The summed E-state index contributed by atoms with van der Waals surface area (Å²) in [6, 6.07) is 0. The number of carbonyl (C=O) groups is 2. The molecular formula is C16H25NO9. The van der Waals surface area contributed by atoms with Crippen molar-refractivity contribution in [3.8, 4) is 0 Å². The number of carboxylic acids is 1. The second kappa shape index (κ2) is 9.10. The Morgan fingerprint density at radius 1 is 1.04 bits per heavy atom. The molecule has 5 atom stereocenters. The van der Waals surface area contributed by atoms with Crippen molar-refractivity contribution < 1.29 is 45.0 Å². The minimum atomic E-state index is -1.87. The molecule has 0 saturated carbocycles. The van der Waals surface area contributed by atoms with Crippen LogP contribution in [0.3, 0.4) is 0 Å². The number of rotatable bonds is 8. The highest BCUT2D eigenvalue weighted by atomic mass is 16.5. The molecule has 1 unspecified atom stereocenters. The van der Waals surface area contributed by atoms with Crippen LogP contribution in [0.15, 0.2) is 22.5 Å². The Balaban J connectivity index is 3.21. The predicted molar refractivity (Wildman–Crippen MR) is 87.4 cm³/mol. The van der Waals surface area contributed by atoms with Gasteiger partial charge in [0.25, 0.3) is 0 Å². The molecule has 10 nitrogen and oxygen atoms in total. The zero-order chi connectivity index (χ0) is 20.2. The third kappa shape index (κ3) is 4.59. The molecule has 1 aliphatic rings. The lowest BCUT2D eigenvalue weighted by molar-refractivity contribution is -0.137. The largest absolute Gasteiger partial charge is 0.478 e. The minimum Gasteiger partial charge on any atom is -0.478 e. The zero-order valence-electron chi connectivity index (χ0n) is 14.7. The van der Waals surface area contributed by atoms with Crippen molar-refractivity contribution in [1.29, 1.82) is 0 Å². The number of dihydropyridines is 1. The summed E-state index contributed by atoms with van der Waals surface area (Å²) in [4.78, 5) is 23.7. The number of hydrogen-bond donors (Lipinski definition) is 7. The van der Waals surface area contributed by atoms with Gasteiger partial charge in [0.15, 0.2) is 0 Å². The monoisotopic (exact) mass is 375 g/mol. The van der Waals surface area contributed by atoms with Crippen molar-refractivity contribution in [2.45, 2.75) is 44.7 Å². The van der Waals surface area contributed by atoms with E-state index in [1.54, 1.807) is 0 Å². The lowest BCUT2D eigenvalue weighted by Crippen LogP contribution is -2.47. The van der Waals surface area contributed by atoms with Gasteiger partial charge in [0, 0.05) is 17.3 Å². The van der Waals surface area contributed by atoms with Crippen molar-refractivity contribution in [1.82, 2.24) is 5.32 Å². The van der Waals surface area contributed by atoms with Gasteiger partial charge in [0.2, 0.25) is 0 Å². The Labute approximate surface area is 150 Å². The lowest BCUT2D eigenvalue weighted by atomic mass is 9.80. The number of allylic oxidation sites excluding steroid dienone is 2. The number of carbonyl (C=O) groups excluding carboxylic acids is 1. The number of aliphatic carboxylic acids is 1. The highest BCUT2D eigenvalue weighted by Gasteiger charge is 2.40. The first-order chi connectivity index (χ1) is 12.1. The Morgan fingerprint density at radius 2 is 1.54 bits per heavy atom. The van der Waals surface area contributed by atoms with E-state index in [0.717, 1.165) is 7.11 Å². The molecule has 0 fully saturated rings. The summed E-state index contributed by atoms with van der Waals surface area (Å²) in [5.41, 5.74) is 0.366. The van der Waals surface area contributed by atoms with Gasteiger partial charge in [-0.1, -0.05) is 0 Å². The molecule has 26 heavy (non-hydrogen) atoms. The molecule has 1 heterocycles. The number of methoxy groups -OCH3 is 1. The van der Waals surface area contributed by atoms with Crippen molar-refractivity contribution in [2.75, 3.05) is 13.7 Å². The maximum absolute atomic E-state index is 12.1. The summed E-state index contributed by atoms with van der Waals surface area (Å²) in [5.74, 6) is -3.25. The molecular weight excluding hydrogens is 350 g/mol. The van der Waals surface area contributed by atoms with Gasteiger partial charge in [0.1, 0.15) is 18.3 Å². The van der Waals surface area contributed by atoms with Gasteiger partial charge in [-0.05, 0) is 20.3 Å². The van der Waals surface area contributed by atoms with Crippen LogP contribution in [-0.2, 0) is 14.3 Å². The SMILES string of the molecule is COC(=O)C1=C(C)NC(C)=C(C(=O)O)C1C[C@@H](O)[C@H](O)[C@H](O)[C@@H](O)CO. The smallest absolute Gasteiger partial charge is 0.336 e. The summed E-state index contributed by atoms with van der Waals surface area (Å²) < 4.78 is 4.68. The number of hydrogen-bond acceptors (Lipinski definition) is 9. The van der Waals surface area contributed by atoms with E-state index in [1.807, 2.05) is 0 Å². The lowest BCUT2D eigenvalue weighted by Gasteiger charge is -2.32. The molecule has 0 aliphatic carbocycles. The van der Waals surface area contributed by atoms with E-state index in [-0.39, 0.29) is 16.8 Å². The predicted octanol–water partition coefficient (Wildman–Crippen LogP) is -2.16. The molecule has 0 radical (unpaired) electrons. The highest BCUT2D eigenvalue weighted by molar-refractivity contribution is 5.97. The van der Waals surface area contributed by atoms with Crippen molar-refractivity contribution in [3.63, 3.8) is 0 Å². The maximum atomic E-state index is 12.1. The quantitative estimate of drug-likeness (QED) is 0.231. The fourth-order valence-electron chi connectivity index (χ4n) is 2.98. The molecule has 1 aliphatic heterocycles. The summed E-state index contributed by atoms with van der Waals surface area (Å²) in [6.07, 6.45) is -7.55. The van der Waals surface area contributed by atoms with Gasteiger partial charge >= 0.3 is 11.9 Å². The Kier molecular flexibility index (Phi) is 7.72. The van der Waals surface area contributed by atoms with E-state index in [9.17, 15) is 35.1 Å². The Bertz CT molecular complexity index is 613. The molecule has 0 spiro atoms.